The highest BCUT2D eigenvalue weighted by Crippen LogP contribution is 2.31. The van der Waals surface area contributed by atoms with Crippen molar-refractivity contribution in [1.29, 1.82) is 0 Å². The molecule has 158 valence electrons. The zero-order chi connectivity index (χ0) is 20.8. The van der Waals surface area contributed by atoms with Crippen molar-refractivity contribution >= 4 is 17.7 Å². The third kappa shape index (κ3) is 5.15. The fraction of sp³-hybridized carbons (Fsp3) is 0.400. The van der Waals surface area contributed by atoms with Crippen LogP contribution >= 0.6 is 0 Å². The van der Waals surface area contributed by atoms with Gasteiger partial charge in [0.05, 0.1) is 0 Å². The van der Waals surface area contributed by atoms with Gasteiger partial charge in [-0.3, -0.25) is 4.79 Å². The van der Waals surface area contributed by atoms with Crippen LogP contribution in [0.25, 0.3) is 6.08 Å². The van der Waals surface area contributed by atoms with E-state index in [1.165, 1.54) is 31.4 Å². The Balaban J connectivity index is 1.33. The Morgan fingerprint density at radius 3 is 2.40 bits per heavy atom. The monoisotopic (exact) mass is 406 g/mol. The van der Waals surface area contributed by atoms with Crippen molar-refractivity contribution < 1.29 is 14.3 Å². The van der Waals surface area contributed by atoms with E-state index in [0.717, 1.165) is 35.7 Å². The minimum Gasteiger partial charge on any atom is -0.486 e. The average molecular weight is 407 g/mol. The summed E-state index contributed by atoms with van der Waals surface area (Å²) in [6, 6.07) is 14.3. The molecule has 2 aliphatic heterocycles. The second-order valence-corrected chi connectivity index (χ2v) is 8.00. The normalized spacial score (nSPS) is 16.4. The molecular weight excluding hydrogens is 376 g/mol. The van der Waals surface area contributed by atoms with E-state index in [1.807, 2.05) is 31.3 Å². The van der Waals surface area contributed by atoms with Crippen LogP contribution in [-0.4, -0.2) is 44.2 Å². The molecule has 2 aromatic carbocycles. The molecule has 1 amide bonds. The van der Waals surface area contributed by atoms with Crippen molar-refractivity contribution in [1.82, 2.24) is 4.90 Å². The molecule has 0 radical (unpaired) electrons. The molecule has 0 unspecified atom stereocenters. The molecule has 5 nitrogen and oxygen atoms in total. The van der Waals surface area contributed by atoms with Gasteiger partial charge in [-0.1, -0.05) is 31.0 Å². The summed E-state index contributed by atoms with van der Waals surface area (Å²) in [5, 5.41) is 0. The Hall–Kier alpha value is -2.95. The van der Waals surface area contributed by atoms with Crippen molar-refractivity contribution in [3.8, 4) is 11.5 Å². The molecule has 30 heavy (non-hydrogen) atoms. The first kappa shape index (κ1) is 20.3. The summed E-state index contributed by atoms with van der Waals surface area (Å²) in [5.41, 5.74) is 3.33. The highest BCUT2D eigenvalue weighted by molar-refractivity contribution is 5.91. The predicted octanol–water partition coefficient (Wildman–Crippen LogP) is 4.51. The Bertz CT molecular complexity index is 884. The second kappa shape index (κ2) is 9.70. The first-order chi connectivity index (χ1) is 14.7. The van der Waals surface area contributed by atoms with Crippen LogP contribution in [0, 0.1) is 0 Å². The van der Waals surface area contributed by atoms with Gasteiger partial charge >= 0.3 is 0 Å². The lowest BCUT2D eigenvalue weighted by molar-refractivity contribution is -0.125. The number of benzene rings is 2. The van der Waals surface area contributed by atoms with Crippen LogP contribution in [0.15, 0.2) is 48.5 Å². The van der Waals surface area contributed by atoms with E-state index < -0.39 is 0 Å². The highest BCUT2D eigenvalue weighted by atomic mass is 16.6. The molecule has 2 heterocycles. The van der Waals surface area contributed by atoms with Crippen molar-refractivity contribution in [2.24, 2.45) is 0 Å². The Labute approximate surface area is 178 Å². The van der Waals surface area contributed by atoms with Crippen molar-refractivity contribution in [2.75, 3.05) is 38.3 Å². The van der Waals surface area contributed by atoms with Gasteiger partial charge < -0.3 is 19.3 Å². The van der Waals surface area contributed by atoms with Crippen LogP contribution in [0.4, 0.5) is 5.69 Å². The lowest BCUT2D eigenvalue weighted by atomic mass is 10.1. The predicted molar refractivity (Wildman–Crippen MR) is 120 cm³/mol. The number of fused-ring (bicyclic) bond motifs is 1. The third-order valence-electron chi connectivity index (χ3n) is 5.69. The lowest BCUT2D eigenvalue weighted by Gasteiger charge is -2.22. The SMILES string of the molecule is CN(Cc1ccc2c(c1)OCCO2)C(=O)C=Cc1ccc(N2CCCCCC2)cc1. The van der Waals surface area contributed by atoms with Crippen LogP contribution in [0.5, 0.6) is 11.5 Å². The van der Waals surface area contributed by atoms with E-state index in [4.69, 9.17) is 9.47 Å². The molecule has 0 atom stereocenters. The average Bonchev–Trinajstić information content (AvgIpc) is 3.07. The lowest BCUT2D eigenvalue weighted by Crippen LogP contribution is -2.24. The van der Waals surface area contributed by atoms with E-state index in [9.17, 15) is 4.79 Å². The van der Waals surface area contributed by atoms with Gasteiger partial charge in [0.2, 0.25) is 5.91 Å². The maximum atomic E-state index is 12.5. The summed E-state index contributed by atoms with van der Waals surface area (Å²) in [6.07, 6.45) is 8.73. The molecule has 1 saturated heterocycles. The van der Waals surface area contributed by atoms with Gasteiger partial charge in [-0.05, 0) is 54.3 Å². The van der Waals surface area contributed by atoms with Crippen molar-refractivity contribution in [3.05, 3.63) is 59.7 Å². The number of hydrogen-bond donors (Lipinski definition) is 0. The molecular formula is C25H30N2O3. The van der Waals surface area contributed by atoms with Gasteiger partial charge in [-0.25, -0.2) is 0 Å². The molecule has 2 aliphatic rings. The number of anilines is 1. The van der Waals surface area contributed by atoms with Gasteiger partial charge in [-0.15, -0.1) is 0 Å². The summed E-state index contributed by atoms with van der Waals surface area (Å²) < 4.78 is 11.2. The number of likely N-dealkylation sites (N-methyl/N-ethyl adjacent to an activating group) is 1. The fourth-order valence-electron chi connectivity index (χ4n) is 3.96. The summed E-state index contributed by atoms with van der Waals surface area (Å²) >= 11 is 0. The van der Waals surface area contributed by atoms with Crippen molar-refractivity contribution in [2.45, 2.75) is 32.2 Å². The van der Waals surface area contributed by atoms with Crippen LogP contribution in [0.1, 0.15) is 36.8 Å². The quantitative estimate of drug-likeness (QED) is 0.685. The highest BCUT2D eigenvalue weighted by Gasteiger charge is 2.14. The Morgan fingerprint density at radius 2 is 1.67 bits per heavy atom. The van der Waals surface area contributed by atoms with E-state index in [-0.39, 0.29) is 5.91 Å². The van der Waals surface area contributed by atoms with E-state index in [1.54, 1.807) is 11.0 Å². The summed E-state index contributed by atoms with van der Waals surface area (Å²) in [4.78, 5) is 16.7. The standard InChI is InChI=1S/C25H30N2O3/c1-26(19-21-8-12-23-24(18-21)30-17-16-29-23)25(28)13-9-20-6-10-22(11-7-20)27-14-4-2-3-5-15-27/h6-13,18H,2-5,14-17,19H2,1H3. The van der Waals surface area contributed by atoms with Crippen LogP contribution < -0.4 is 14.4 Å². The van der Waals surface area contributed by atoms with E-state index in [0.29, 0.717) is 19.8 Å². The first-order valence-electron chi connectivity index (χ1n) is 10.9. The fourth-order valence-corrected chi connectivity index (χ4v) is 3.96. The Morgan fingerprint density at radius 1 is 0.967 bits per heavy atom. The smallest absolute Gasteiger partial charge is 0.246 e. The van der Waals surface area contributed by atoms with Crippen LogP contribution in [0.2, 0.25) is 0 Å². The first-order valence-corrected chi connectivity index (χ1v) is 10.9. The summed E-state index contributed by atoms with van der Waals surface area (Å²) in [5.74, 6) is 1.49. The molecule has 0 saturated carbocycles. The van der Waals surface area contributed by atoms with E-state index >= 15 is 0 Å². The minimum atomic E-state index is -0.0264. The molecule has 0 N–H and O–H groups in total. The van der Waals surface area contributed by atoms with Gasteiger partial charge in [-0.2, -0.15) is 0 Å². The van der Waals surface area contributed by atoms with Gasteiger partial charge in [0.1, 0.15) is 13.2 Å². The number of amides is 1. The molecule has 5 heteroatoms. The van der Waals surface area contributed by atoms with Crippen LogP contribution in [-0.2, 0) is 11.3 Å². The third-order valence-corrected chi connectivity index (χ3v) is 5.69. The number of hydrogen-bond acceptors (Lipinski definition) is 4. The second-order valence-electron chi connectivity index (χ2n) is 8.00. The molecule has 1 fully saturated rings. The number of rotatable bonds is 5. The number of ether oxygens (including phenoxy) is 2. The zero-order valence-corrected chi connectivity index (χ0v) is 17.7. The molecule has 2 aromatic rings. The Kier molecular flexibility index (Phi) is 6.57. The molecule has 0 aliphatic carbocycles. The van der Waals surface area contributed by atoms with Crippen LogP contribution in [0.3, 0.4) is 0 Å². The van der Waals surface area contributed by atoms with Gasteiger partial charge in [0, 0.05) is 38.4 Å². The topological polar surface area (TPSA) is 42.0 Å². The zero-order valence-electron chi connectivity index (χ0n) is 17.7. The largest absolute Gasteiger partial charge is 0.486 e. The van der Waals surface area contributed by atoms with E-state index in [2.05, 4.69) is 29.2 Å². The van der Waals surface area contributed by atoms with Crippen molar-refractivity contribution in [3.63, 3.8) is 0 Å². The van der Waals surface area contributed by atoms with Gasteiger partial charge in [0.15, 0.2) is 11.5 Å². The summed E-state index contributed by atoms with van der Waals surface area (Å²) in [7, 11) is 1.81. The summed E-state index contributed by atoms with van der Waals surface area (Å²) in [6.45, 7) is 3.93. The minimum absolute atomic E-state index is 0.0264. The maximum absolute atomic E-state index is 12.5. The molecule has 0 spiro atoms. The number of carbonyl (C=O) groups excluding carboxylic acids is 1. The number of carbonyl (C=O) groups is 1. The molecule has 0 aromatic heterocycles. The maximum Gasteiger partial charge on any atom is 0.246 e. The molecule has 0 bridgehead atoms. The number of nitrogens with zero attached hydrogens (tertiary/aromatic N) is 2. The molecule has 4 rings (SSSR count). The van der Waals surface area contributed by atoms with Gasteiger partial charge in [0.25, 0.3) is 0 Å².